The van der Waals surface area contributed by atoms with Crippen LogP contribution in [0.15, 0.2) is 0 Å². The SMILES string of the molecule is [2H]C([2H])([2H])C1(C([2H])([2H])[2H])N([O-])C(C([2H])([2H])[2H])(C([2H])([2H])[2H])C([2H])([2H])C(=O)C1([2H])[2H]. The molecular formula is C9H16NO2-. The van der Waals surface area contributed by atoms with Crippen LogP contribution in [0, 0.1) is 5.21 Å². The average molecular weight is 186 g/mol. The zero-order valence-corrected chi connectivity index (χ0v) is 5.76. The Hall–Kier alpha value is -0.410. The van der Waals surface area contributed by atoms with Crippen LogP contribution in [0.2, 0.25) is 0 Å². The van der Waals surface area contributed by atoms with Crippen molar-refractivity contribution in [2.45, 2.75) is 51.2 Å². The van der Waals surface area contributed by atoms with Gasteiger partial charge in [-0.1, -0.05) is 0 Å². The van der Waals surface area contributed by atoms with Gasteiger partial charge < -0.3 is 10.3 Å². The Morgan fingerprint density at radius 1 is 1.42 bits per heavy atom. The van der Waals surface area contributed by atoms with Gasteiger partial charge >= 0.3 is 0 Å². The number of piperidine rings is 1. The Bertz CT molecular complexity index is 569. The molecule has 0 aromatic carbocycles. The molecule has 1 aliphatic rings. The van der Waals surface area contributed by atoms with Crippen molar-refractivity contribution in [2.75, 3.05) is 0 Å². The van der Waals surface area contributed by atoms with Crippen LogP contribution in [0.4, 0.5) is 0 Å². The van der Waals surface area contributed by atoms with E-state index in [0.29, 0.717) is 0 Å². The first-order valence-corrected chi connectivity index (χ1v) is 2.83. The van der Waals surface area contributed by atoms with Gasteiger partial charge in [-0.3, -0.25) is 4.79 Å². The second-order valence-corrected chi connectivity index (χ2v) is 2.29. The molecule has 0 radical (unpaired) electrons. The molecule has 1 heterocycles. The fraction of sp³-hybridized carbons (Fsp3) is 0.889. The first-order chi connectivity index (χ1) is 11.8. The molecule has 0 aliphatic carbocycles. The van der Waals surface area contributed by atoms with Gasteiger partial charge in [0.05, 0.1) is 0 Å². The van der Waals surface area contributed by atoms with Crippen LogP contribution in [0.25, 0.3) is 0 Å². The summed E-state index contributed by atoms with van der Waals surface area (Å²) >= 11 is 0. The minimum atomic E-state index is -4.52. The predicted molar refractivity (Wildman–Crippen MR) is 47.6 cm³/mol. The lowest BCUT2D eigenvalue weighted by molar-refractivity contribution is -0.130. The molecular weight excluding hydrogens is 154 g/mol. The van der Waals surface area contributed by atoms with Crippen molar-refractivity contribution in [2.24, 2.45) is 0 Å². The molecule has 12 heavy (non-hydrogen) atoms. The number of rotatable bonds is 0. The summed E-state index contributed by atoms with van der Waals surface area (Å²) in [5.74, 6) is -2.58. The van der Waals surface area contributed by atoms with E-state index in [0.717, 1.165) is 0 Å². The Kier molecular flexibility index (Phi) is 0.361. The third-order valence-corrected chi connectivity index (χ3v) is 1.20. The monoisotopic (exact) mass is 186 g/mol. The van der Waals surface area contributed by atoms with E-state index >= 15 is 0 Å². The largest absolute Gasteiger partial charge is 0.784 e. The van der Waals surface area contributed by atoms with Gasteiger partial charge in [-0.15, -0.1) is 0 Å². The van der Waals surface area contributed by atoms with Crippen molar-refractivity contribution in [3.05, 3.63) is 5.21 Å². The molecule has 0 spiro atoms. The molecule has 0 unspecified atom stereocenters. The molecule has 0 aromatic rings. The standard InChI is InChI=1S/C9H16NO2/c1-8(2)5-7(11)6-9(3,4)10(8)12/h5-6H2,1-4H3/q-1/i1D3,2D3,3D3,4D3,5D2,6D2. The number of hydrogen-bond acceptors (Lipinski definition) is 3. The number of nitrogens with zero attached hydrogens (tertiary/aromatic N) is 1. The number of hydroxylamine groups is 2. The van der Waals surface area contributed by atoms with E-state index in [1.165, 1.54) is 0 Å². The minimum absolute atomic E-state index is 1.55. The van der Waals surface area contributed by atoms with Gasteiger partial charge in [-0.25, -0.2) is 0 Å². The number of carbonyl (C=O) groups excluding carboxylic acids is 1. The molecule has 3 nitrogen and oxygen atoms in total. The second-order valence-electron chi connectivity index (χ2n) is 2.29. The number of carbonyl (C=O) groups is 1. The summed E-state index contributed by atoms with van der Waals surface area (Å²) in [5.41, 5.74) is -9.03. The van der Waals surface area contributed by atoms with E-state index in [2.05, 4.69) is 0 Å². The van der Waals surface area contributed by atoms with Crippen LogP contribution in [-0.4, -0.2) is 21.9 Å². The maximum absolute atomic E-state index is 13.2. The first-order valence-electron chi connectivity index (χ1n) is 10.8. The van der Waals surface area contributed by atoms with Crippen molar-refractivity contribution in [1.29, 1.82) is 0 Å². The summed E-state index contributed by atoms with van der Waals surface area (Å²) in [6.07, 6.45) is -8.62. The zero-order valence-electron chi connectivity index (χ0n) is 21.8. The maximum Gasteiger partial charge on any atom is 0.136 e. The van der Waals surface area contributed by atoms with E-state index in [9.17, 15) is 10.0 Å². The third-order valence-electron chi connectivity index (χ3n) is 1.20. The molecule has 0 bridgehead atoms. The highest BCUT2D eigenvalue weighted by atomic mass is 16.5. The fourth-order valence-electron chi connectivity index (χ4n) is 0.713. The summed E-state index contributed by atoms with van der Waals surface area (Å²) in [4.78, 5) is 12.6. The fourth-order valence-corrected chi connectivity index (χ4v) is 0.713. The van der Waals surface area contributed by atoms with Gasteiger partial charge in [0, 0.05) is 45.8 Å². The van der Waals surface area contributed by atoms with Crippen LogP contribution < -0.4 is 0 Å². The Balaban J connectivity index is 4.41. The molecule has 3 heteroatoms. The van der Waals surface area contributed by atoms with Gasteiger partial charge in [0.2, 0.25) is 0 Å². The lowest BCUT2D eigenvalue weighted by Crippen LogP contribution is -2.57. The Morgan fingerprint density at radius 2 is 1.83 bits per heavy atom. The summed E-state index contributed by atoms with van der Waals surface area (Å²) in [6, 6.07) is 0. The van der Waals surface area contributed by atoms with Crippen LogP contribution in [0.1, 0.15) is 62.1 Å². The highest BCUT2D eigenvalue weighted by molar-refractivity contribution is 5.81. The molecule has 0 amide bonds. The molecule has 0 N–H and O–H groups in total. The van der Waals surface area contributed by atoms with Crippen molar-refractivity contribution in [3.63, 3.8) is 0 Å². The third kappa shape index (κ3) is 1.52. The van der Waals surface area contributed by atoms with Gasteiger partial charge in [0.15, 0.2) is 0 Å². The molecule has 0 saturated carbocycles. The zero-order chi connectivity index (χ0) is 23.2. The van der Waals surface area contributed by atoms with E-state index in [1.54, 1.807) is 0 Å². The lowest BCUT2D eigenvalue weighted by atomic mass is 9.81. The van der Waals surface area contributed by atoms with Crippen molar-refractivity contribution in [3.8, 4) is 0 Å². The topological polar surface area (TPSA) is 43.4 Å². The van der Waals surface area contributed by atoms with E-state index < -0.39 is 62.1 Å². The van der Waals surface area contributed by atoms with Gasteiger partial charge in [-0.2, -0.15) is 0 Å². The van der Waals surface area contributed by atoms with Crippen LogP contribution >= 0.6 is 0 Å². The minimum Gasteiger partial charge on any atom is -0.784 e. The van der Waals surface area contributed by atoms with Crippen molar-refractivity contribution < 1.29 is 26.7 Å². The van der Waals surface area contributed by atoms with Crippen LogP contribution in [0.3, 0.4) is 0 Å². The predicted octanol–water partition coefficient (Wildman–Crippen LogP) is 1.71. The smallest absolute Gasteiger partial charge is 0.136 e. The number of ketones is 1. The van der Waals surface area contributed by atoms with Gasteiger partial charge in [-0.05, 0) is 27.4 Å². The summed E-state index contributed by atoms with van der Waals surface area (Å²) in [5, 5.41) is 11.6. The van der Waals surface area contributed by atoms with E-state index in [-0.39, 0.29) is 0 Å². The summed E-state index contributed by atoms with van der Waals surface area (Å²) in [7, 11) is 0. The second kappa shape index (κ2) is 2.54. The van der Waals surface area contributed by atoms with Crippen LogP contribution in [-0.2, 0) is 4.79 Å². The first kappa shape index (κ1) is 1.71. The highest BCUT2D eigenvalue weighted by Gasteiger charge is 2.39. The average Bonchev–Trinajstić information content (AvgIpc) is 2.28. The molecule has 1 aliphatic heterocycles. The molecule has 70 valence electrons. The molecule has 1 fully saturated rings. The summed E-state index contributed by atoms with van der Waals surface area (Å²) < 4.78 is 121. The molecule has 1 rings (SSSR count). The van der Waals surface area contributed by atoms with E-state index in [1.807, 2.05) is 0 Å². The molecule has 1 saturated heterocycles. The van der Waals surface area contributed by atoms with Crippen LogP contribution in [0.5, 0.6) is 0 Å². The van der Waals surface area contributed by atoms with Gasteiger partial charge in [0.1, 0.15) is 5.78 Å². The Labute approximate surface area is 95.8 Å². The number of Topliss-reactive ketones (excluding diaryl/α,β-unsaturated/α-hetero) is 1. The Morgan fingerprint density at radius 3 is 2.17 bits per heavy atom. The van der Waals surface area contributed by atoms with Gasteiger partial charge in [0.25, 0.3) is 0 Å². The normalized spacial score (nSPS) is 61.2. The quantitative estimate of drug-likeness (QED) is 0.578. The van der Waals surface area contributed by atoms with E-state index in [4.69, 9.17) is 21.9 Å². The van der Waals surface area contributed by atoms with Crippen molar-refractivity contribution in [1.82, 2.24) is 5.06 Å². The molecule has 0 aromatic heterocycles. The number of hydrogen-bond donors (Lipinski definition) is 0. The van der Waals surface area contributed by atoms with Crippen molar-refractivity contribution >= 4 is 5.78 Å². The maximum atomic E-state index is 13.2. The lowest BCUT2D eigenvalue weighted by Gasteiger charge is -2.57. The highest BCUT2D eigenvalue weighted by Crippen LogP contribution is 2.34. The molecule has 0 atom stereocenters. The summed E-state index contributed by atoms with van der Waals surface area (Å²) in [6.45, 7) is -17.1.